The lowest BCUT2D eigenvalue weighted by atomic mass is 10.1. The summed E-state index contributed by atoms with van der Waals surface area (Å²) in [6.45, 7) is 0. The first-order valence-electron chi connectivity index (χ1n) is 5.24. The smallest absolute Gasteiger partial charge is 0.319 e. The van der Waals surface area contributed by atoms with Crippen molar-refractivity contribution >= 4 is 29.2 Å². The fourth-order valence-corrected chi connectivity index (χ4v) is 1.82. The Hall–Kier alpha value is -2.06. The van der Waals surface area contributed by atoms with Gasteiger partial charge in [0.15, 0.2) is 0 Å². The third-order valence-electron chi connectivity index (χ3n) is 2.94. The summed E-state index contributed by atoms with van der Waals surface area (Å²) in [5, 5.41) is 20.4. The predicted octanol–water partition coefficient (Wildman–Crippen LogP) is 2.01. The lowest BCUT2D eigenvalue weighted by Crippen LogP contribution is -2.31. The Morgan fingerprint density at radius 2 is 2.11 bits per heavy atom. The van der Waals surface area contributed by atoms with Gasteiger partial charge in [0.25, 0.3) is 0 Å². The molecule has 18 heavy (non-hydrogen) atoms. The Morgan fingerprint density at radius 1 is 1.44 bits per heavy atom. The number of carbonyl (C=O) groups excluding carboxylic acids is 1. The third kappa shape index (κ3) is 2.03. The zero-order chi connectivity index (χ0) is 13.3. The van der Waals surface area contributed by atoms with Gasteiger partial charge in [-0.2, -0.15) is 5.26 Å². The maximum Gasteiger partial charge on any atom is 0.319 e. The average molecular weight is 265 g/mol. The number of hydrogen-bond acceptors (Lipinski definition) is 3. The average Bonchev–Trinajstić information content (AvgIpc) is 3.10. The summed E-state index contributed by atoms with van der Waals surface area (Å²) in [6.07, 6.45) is 0.691. The summed E-state index contributed by atoms with van der Waals surface area (Å²) in [7, 11) is 0. The van der Waals surface area contributed by atoms with Gasteiger partial charge in [0, 0.05) is 5.69 Å². The van der Waals surface area contributed by atoms with E-state index in [9.17, 15) is 9.59 Å². The quantitative estimate of drug-likeness (QED) is 0.817. The predicted molar refractivity (Wildman–Crippen MR) is 64.1 cm³/mol. The monoisotopic (exact) mass is 264 g/mol. The number of rotatable bonds is 3. The van der Waals surface area contributed by atoms with Crippen molar-refractivity contribution in [3.63, 3.8) is 0 Å². The lowest BCUT2D eigenvalue weighted by molar-refractivity contribution is -0.147. The van der Waals surface area contributed by atoms with Crippen molar-refractivity contribution in [1.82, 2.24) is 0 Å². The SMILES string of the molecule is N#Cc1ccc(NC(=O)C2(C(=O)O)CC2)cc1Cl. The Balaban J connectivity index is 2.16. The molecule has 0 aromatic heterocycles. The van der Waals surface area contributed by atoms with Gasteiger partial charge in [-0.05, 0) is 31.0 Å². The molecular weight excluding hydrogens is 256 g/mol. The number of carbonyl (C=O) groups is 2. The molecular formula is C12H9ClN2O3. The van der Waals surface area contributed by atoms with Crippen LogP contribution in [0.2, 0.25) is 5.02 Å². The van der Waals surface area contributed by atoms with Gasteiger partial charge < -0.3 is 10.4 Å². The molecule has 0 atom stereocenters. The van der Waals surface area contributed by atoms with E-state index in [0.29, 0.717) is 24.1 Å². The zero-order valence-electron chi connectivity index (χ0n) is 9.24. The van der Waals surface area contributed by atoms with Gasteiger partial charge in [-0.15, -0.1) is 0 Å². The molecule has 1 aromatic carbocycles. The van der Waals surface area contributed by atoms with Crippen LogP contribution in [0.1, 0.15) is 18.4 Å². The van der Waals surface area contributed by atoms with Crippen LogP contribution < -0.4 is 5.32 Å². The molecule has 1 aromatic rings. The number of hydrogen-bond donors (Lipinski definition) is 2. The van der Waals surface area contributed by atoms with E-state index in [-0.39, 0.29) is 5.02 Å². The minimum Gasteiger partial charge on any atom is -0.480 e. The molecule has 0 bridgehead atoms. The van der Waals surface area contributed by atoms with Crippen LogP contribution in [0.4, 0.5) is 5.69 Å². The van der Waals surface area contributed by atoms with E-state index in [0.717, 1.165) is 0 Å². The molecule has 5 nitrogen and oxygen atoms in total. The van der Waals surface area contributed by atoms with Crippen molar-refractivity contribution in [2.75, 3.05) is 5.32 Å². The molecule has 2 rings (SSSR count). The first kappa shape index (κ1) is 12.4. The van der Waals surface area contributed by atoms with Crippen molar-refractivity contribution in [3.05, 3.63) is 28.8 Å². The van der Waals surface area contributed by atoms with Gasteiger partial charge in [-0.25, -0.2) is 0 Å². The Morgan fingerprint density at radius 3 is 2.56 bits per heavy atom. The fraction of sp³-hybridized carbons (Fsp3) is 0.250. The Bertz CT molecular complexity index is 573. The highest BCUT2D eigenvalue weighted by molar-refractivity contribution is 6.32. The Kier molecular flexibility index (Phi) is 2.97. The second-order valence-electron chi connectivity index (χ2n) is 4.15. The highest BCUT2D eigenvalue weighted by Gasteiger charge is 2.57. The molecule has 0 aliphatic heterocycles. The zero-order valence-corrected chi connectivity index (χ0v) is 9.99. The summed E-state index contributed by atoms with van der Waals surface area (Å²) in [5.41, 5.74) is -0.606. The molecule has 2 N–H and O–H groups in total. The summed E-state index contributed by atoms with van der Waals surface area (Å²) in [4.78, 5) is 22.8. The van der Waals surface area contributed by atoms with Gasteiger partial charge in [-0.3, -0.25) is 9.59 Å². The fourth-order valence-electron chi connectivity index (χ4n) is 1.60. The van der Waals surface area contributed by atoms with E-state index in [1.807, 2.05) is 6.07 Å². The van der Waals surface area contributed by atoms with Crippen LogP contribution in [0.25, 0.3) is 0 Å². The first-order chi connectivity index (χ1) is 8.49. The number of benzene rings is 1. The van der Waals surface area contributed by atoms with Crippen LogP contribution >= 0.6 is 11.6 Å². The maximum atomic E-state index is 11.8. The van der Waals surface area contributed by atoms with Crippen molar-refractivity contribution in [1.29, 1.82) is 5.26 Å². The number of nitriles is 1. The minimum atomic E-state index is -1.29. The highest BCUT2D eigenvalue weighted by Crippen LogP contribution is 2.46. The molecule has 0 radical (unpaired) electrons. The number of aliphatic carboxylic acids is 1. The second-order valence-corrected chi connectivity index (χ2v) is 4.56. The van der Waals surface area contributed by atoms with Gasteiger partial charge in [0.05, 0.1) is 10.6 Å². The number of anilines is 1. The highest BCUT2D eigenvalue weighted by atomic mass is 35.5. The third-order valence-corrected chi connectivity index (χ3v) is 3.25. The molecule has 1 aliphatic rings. The van der Waals surface area contributed by atoms with Crippen LogP contribution in [0.15, 0.2) is 18.2 Å². The van der Waals surface area contributed by atoms with Crippen LogP contribution in [-0.4, -0.2) is 17.0 Å². The number of carboxylic acid groups (broad SMARTS) is 1. The van der Waals surface area contributed by atoms with Crippen molar-refractivity contribution < 1.29 is 14.7 Å². The van der Waals surface area contributed by atoms with E-state index < -0.39 is 17.3 Å². The van der Waals surface area contributed by atoms with E-state index in [1.165, 1.54) is 18.2 Å². The van der Waals surface area contributed by atoms with Crippen molar-refractivity contribution in [3.8, 4) is 6.07 Å². The van der Waals surface area contributed by atoms with Gasteiger partial charge >= 0.3 is 5.97 Å². The number of halogens is 1. The maximum absolute atomic E-state index is 11.8. The summed E-state index contributed by atoms with van der Waals surface area (Å²) < 4.78 is 0. The number of nitrogens with one attached hydrogen (secondary N) is 1. The first-order valence-corrected chi connectivity index (χ1v) is 5.62. The second kappa shape index (κ2) is 4.31. The molecule has 1 aliphatic carbocycles. The van der Waals surface area contributed by atoms with E-state index in [4.69, 9.17) is 22.0 Å². The number of carboxylic acids is 1. The molecule has 1 saturated carbocycles. The lowest BCUT2D eigenvalue weighted by Gasteiger charge is -2.11. The van der Waals surface area contributed by atoms with Crippen LogP contribution in [0, 0.1) is 16.7 Å². The molecule has 0 spiro atoms. The molecule has 1 amide bonds. The van der Waals surface area contributed by atoms with Crippen LogP contribution in [0.5, 0.6) is 0 Å². The summed E-state index contributed by atoms with van der Waals surface area (Å²) >= 11 is 5.82. The Labute approximate surface area is 108 Å². The van der Waals surface area contributed by atoms with E-state index >= 15 is 0 Å². The molecule has 0 heterocycles. The van der Waals surface area contributed by atoms with Gasteiger partial charge in [0.2, 0.25) is 5.91 Å². The normalized spacial score (nSPS) is 15.6. The van der Waals surface area contributed by atoms with E-state index in [1.54, 1.807) is 0 Å². The molecule has 92 valence electrons. The van der Waals surface area contributed by atoms with Gasteiger partial charge in [0.1, 0.15) is 11.5 Å². The number of nitrogens with zero attached hydrogens (tertiary/aromatic N) is 1. The minimum absolute atomic E-state index is 0.218. The summed E-state index contributed by atoms with van der Waals surface area (Å²) in [5.74, 6) is -1.66. The van der Waals surface area contributed by atoms with Gasteiger partial charge in [-0.1, -0.05) is 11.6 Å². The van der Waals surface area contributed by atoms with Crippen molar-refractivity contribution in [2.24, 2.45) is 5.41 Å². The number of amides is 1. The van der Waals surface area contributed by atoms with Crippen molar-refractivity contribution in [2.45, 2.75) is 12.8 Å². The van der Waals surface area contributed by atoms with Crippen LogP contribution in [-0.2, 0) is 9.59 Å². The summed E-state index contributed by atoms with van der Waals surface area (Å²) in [6, 6.07) is 6.31. The topological polar surface area (TPSA) is 90.2 Å². The molecule has 6 heteroatoms. The van der Waals surface area contributed by atoms with Crippen LogP contribution in [0.3, 0.4) is 0 Å². The molecule has 1 fully saturated rings. The van der Waals surface area contributed by atoms with E-state index in [2.05, 4.69) is 5.32 Å². The molecule has 0 saturated heterocycles. The largest absolute Gasteiger partial charge is 0.480 e. The molecule has 0 unspecified atom stereocenters. The standard InChI is InChI=1S/C12H9ClN2O3/c13-9-5-8(2-1-7(9)6-14)15-10(16)12(3-4-12)11(17)18/h1-2,5H,3-4H2,(H,15,16)(H,17,18).